The van der Waals surface area contributed by atoms with Gasteiger partial charge in [0.1, 0.15) is 0 Å². The van der Waals surface area contributed by atoms with Gasteiger partial charge in [-0.15, -0.1) is 0 Å². The number of nitrogens with two attached hydrogens (primary N) is 1. The van der Waals surface area contributed by atoms with Crippen LogP contribution in [-0.2, 0) is 4.79 Å². The van der Waals surface area contributed by atoms with Crippen LogP contribution < -0.4 is 16.6 Å². The fourth-order valence-corrected chi connectivity index (χ4v) is 0.591. The van der Waals surface area contributed by atoms with E-state index in [0.717, 1.165) is 0 Å². The van der Waals surface area contributed by atoms with Crippen molar-refractivity contribution in [3.05, 3.63) is 0 Å². The van der Waals surface area contributed by atoms with Gasteiger partial charge in [-0.2, -0.15) is 0 Å². The Morgan fingerprint density at radius 1 is 1.33 bits per heavy atom. The van der Waals surface area contributed by atoms with Gasteiger partial charge in [0.15, 0.2) is 5.11 Å². The van der Waals surface area contributed by atoms with Gasteiger partial charge in [-0.3, -0.25) is 15.6 Å². The molecule has 0 heterocycles. The van der Waals surface area contributed by atoms with E-state index >= 15 is 0 Å². The van der Waals surface area contributed by atoms with Gasteiger partial charge in [-0.25, -0.2) is 0 Å². The highest BCUT2D eigenvalue weighted by molar-refractivity contribution is 7.80. The van der Waals surface area contributed by atoms with Gasteiger partial charge in [-0.05, 0) is 18.1 Å². The summed E-state index contributed by atoms with van der Waals surface area (Å²) in [5.41, 5.74) is 9.92. The fraction of sp³-hybridized carbons (Fsp3) is 0.714. The fourth-order valence-electron chi connectivity index (χ4n) is 0.540. The Labute approximate surface area is 77.9 Å². The van der Waals surface area contributed by atoms with Gasteiger partial charge >= 0.3 is 0 Å². The Morgan fingerprint density at radius 3 is 2.17 bits per heavy atom. The first kappa shape index (κ1) is 11.2. The first-order chi connectivity index (χ1) is 5.45. The van der Waals surface area contributed by atoms with Crippen LogP contribution in [0, 0.1) is 11.8 Å². The van der Waals surface area contributed by atoms with Gasteiger partial charge in [0.05, 0.1) is 0 Å². The predicted molar refractivity (Wildman–Crippen MR) is 52.1 cm³/mol. The highest BCUT2D eigenvalue weighted by Crippen LogP contribution is 2.08. The topological polar surface area (TPSA) is 67.2 Å². The second-order valence-electron chi connectivity index (χ2n) is 3.01. The van der Waals surface area contributed by atoms with Crippen LogP contribution in [0.2, 0.25) is 0 Å². The average Bonchev–Trinajstić information content (AvgIpc) is 1.98. The molecule has 1 amide bonds. The van der Waals surface area contributed by atoms with Gasteiger partial charge < -0.3 is 5.73 Å². The summed E-state index contributed by atoms with van der Waals surface area (Å²) in [6, 6.07) is 0. The Balaban J connectivity index is 3.80. The maximum absolute atomic E-state index is 11.2. The first-order valence-electron chi connectivity index (χ1n) is 3.80. The summed E-state index contributed by atoms with van der Waals surface area (Å²) in [5.74, 6) is 0.155. The number of carbonyl (C=O) groups excluding carboxylic acids is 1. The van der Waals surface area contributed by atoms with E-state index in [1.165, 1.54) is 0 Å². The van der Waals surface area contributed by atoms with Crippen LogP contribution in [0.4, 0.5) is 0 Å². The summed E-state index contributed by atoms with van der Waals surface area (Å²) < 4.78 is 0. The number of hydrazine groups is 1. The molecule has 0 aliphatic rings. The Morgan fingerprint density at radius 2 is 1.83 bits per heavy atom. The first-order valence-corrected chi connectivity index (χ1v) is 4.21. The van der Waals surface area contributed by atoms with Crippen LogP contribution in [0.1, 0.15) is 20.8 Å². The smallest absolute Gasteiger partial charge is 0.241 e. The standard InChI is InChI=1S/C7H15N3OS/c1-4(2)5(3)6(11)9-10-7(8)12/h4-5H,1-3H3,(H,9,11)(H3,8,10,12). The van der Waals surface area contributed by atoms with Gasteiger partial charge in [0.25, 0.3) is 0 Å². The monoisotopic (exact) mass is 189 g/mol. The third-order valence-electron chi connectivity index (χ3n) is 1.72. The molecule has 0 saturated heterocycles. The molecule has 1 unspecified atom stereocenters. The number of nitrogens with one attached hydrogen (secondary N) is 2. The van der Waals surface area contributed by atoms with Crippen LogP contribution in [0.5, 0.6) is 0 Å². The number of carbonyl (C=O) groups is 1. The van der Waals surface area contributed by atoms with E-state index < -0.39 is 0 Å². The maximum Gasteiger partial charge on any atom is 0.241 e. The Kier molecular flexibility index (Phi) is 4.58. The number of hydrogen-bond donors (Lipinski definition) is 3. The third-order valence-corrected chi connectivity index (χ3v) is 1.82. The Hall–Kier alpha value is -0.840. The zero-order chi connectivity index (χ0) is 9.72. The lowest BCUT2D eigenvalue weighted by Crippen LogP contribution is -2.47. The average molecular weight is 189 g/mol. The van der Waals surface area contributed by atoms with Crippen LogP contribution >= 0.6 is 12.2 Å². The normalized spacial score (nSPS) is 12.3. The minimum atomic E-state index is -0.0993. The van der Waals surface area contributed by atoms with Crippen molar-refractivity contribution in [2.75, 3.05) is 0 Å². The molecule has 0 aliphatic carbocycles. The van der Waals surface area contributed by atoms with E-state index in [0.29, 0.717) is 5.92 Å². The molecule has 0 aromatic rings. The lowest BCUT2D eigenvalue weighted by molar-refractivity contribution is -0.126. The van der Waals surface area contributed by atoms with Crippen LogP contribution in [0.25, 0.3) is 0 Å². The van der Waals surface area contributed by atoms with Gasteiger partial charge in [0, 0.05) is 5.92 Å². The summed E-state index contributed by atoms with van der Waals surface area (Å²) in [7, 11) is 0. The Bertz CT molecular complexity index is 181. The number of amides is 1. The molecule has 4 N–H and O–H groups in total. The summed E-state index contributed by atoms with van der Waals surface area (Å²) in [6.07, 6.45) is 0. The molecule has 0 bridgehead atoms. The SMILES string of the molecule is CC(C)C(C)C(=O)NNC(N)=S. The molecule has 0 rings (SSSR count). The quantitative estimate of drug-likeness (QED) is 0.427. The molecular formula is C7H15N3OS. The van der Waals surface area contributed by atoms with Crippen molar-refractivity contribution in [2.45, 2.75) is 20.8 Å². The number of thiocarbonyl (C=S) groups is 1. The van der Waals surface area contributed by atoms with E-state index in [1.54, 1.807) is 0 Å². The predicted octanol–water partition coefficient (Wildman–Crippen LogP) is 0.143. The second kappa shape index (κ2) is 4.92. The summed E-state index contributed by atoms with van der Waals surface area (Å²) >= 11 is 4.52. The number of hydrogen-bond acceptors (Lipinski definition) is 2. The summed E-state index contributed by atoms with van der Waals surface area (Å²) in [4.78, 5) is 11.2. The van der Waals surface area contributed by atoms with Crippen molar-refractivity contribution in [1.82, 2.24) is 10.9 Å². The highest BCUT2D eigenvalue weighted by Gasteiger charge is 2.15. The van der Waals surface area contributed by atoms with E-state index in [4.69, 9.17) is 5.73 Å². The molecule has 0 aromatic heterocycles. The largest absolute Gasteiger partial charge is 0.375 e. The molecule has 70 valence electrons. The van der Waals surface area contributed by atoms with Crippen LogP contribution in [-0.4, -0.2) is 11.0 Å². The van der Waals surface area contributed by atoms with Crippen molar-refractivity contribution in [2.24, 2.45) is 17.6 Å². The van der Waals surface area contributed by atoms with Crippen LogP contribution in [0.15, 0.2) is 0 Å². The molecule has 0 spiro atoms. The summed E-state index contributed by atoms with van der Waals surface area (Å²) in [6.45, 7) is 5.80. The highest BCUT2D eigenvalue weighted by atomic mass is 32.1. The zero-order valence-electron chi connectivity index (χ0n) is 7.55. The molecule has 4 nitrogen and oxygen atoms in total. The van der Waals surface area contributed by atoms with E-state index in [1.807, 2.05) is 20.8 Å². The van der Waals surface area contributed by atoms with Gasteiger partial charge in [-0.1, -0.05) is 20.8 Å². The minimum absolute atomic E-state index is 0.0492. The van der Waals surface area contributed by atoms with Crippen LogP contribution in [0.3, 0.4) is 0 Å². The maximum atomic E-state index is 11.2. The zero-order valence-corrected chi connectivity index (χ0v) is 8.37. The molecular weight excluding hydrogens is 174 g/mol. The summed E-state index contributed by atoms with van der Waals surface area (Å²) in [5, 5.41) is 0.0688. The lowest BCUT2D eigenvalue weighted by Gasteiger charge is -2.15. The molecule has 1 atom stereocenters. The molecule has 0 saturated carbocycles. The van der Waals surface area contributed by atoms with Crippen molar-refractivity contribution >= 4 is 23.2 Å². The van der Waals surface area contributed by atoms with Gasteiger partial charge in [0.2, 0.25) is 5.91 Å². The second-order valence-corrected chi connectivity index (χ2v) is 3.45. The van der Waals surface area contributed by atoms with E-state index in [2.05, 4.69) is 23.1 Å². The van der Waals surface area contributed by atoms with Crippen molar-refractivity contribution in [3.8, 4) is 0 Å². The van der Waals surface area contributed by atoms with Crippen molar-refractivity contribution in [1.29, 1.82) is 0 Å². The van der Waals surface area contributed by atoms with Crippen molar-refractivity contribution < 1.29 is 4.79 Å². The van der Waals surface area contributed by atoms with E-state index in [-0.39, 0.29) is 16.9 Å². The van der Waals surface area contributed by atoms with Crippen molar-refractivity contribution in [3.63, 3.8) is 0 Å². The molecule has 0 radical (unpaired) electrons. The van der Waals surface area contributed by atoms with E-state index in [9.17, 15) is 4.79 Å². The number of rotatable bonds is 2. The molecule has 0 fully saturated rings. The third kappa shape index (κ3) is 4.12. The minimum Gasteiger partial charge on any atom is -0.375 e. The lowest BCUT2D eigenvalue weighted by atomic mass is 9.98. The molecule has 0 aliphatic heterocycles. The molecule has 12 heavy (non-hydrogen) atoms. The molecule has 5 heteroatoms. The molecule has 0 aromatic carbocycles.